The molecule has 0 spiro atoms. The minimum absolute atomic E-state index is 0.597. The molecule has 2 rings (SSSR count). The molecule has 2 aromatic rings. The molecule has 1 aromatic carbocycles. The highest BCUT2D eigenvalue weighted by molar-refractivity contribution is 6.29. The summed E-state index contributed by atoms with van der Waals surface area (Å²) < 4.78 is 2.07. The van der Waals surface area contributed by atoms with Crippen LogP contribution in [0.5, 0.6) is 0 Å². The molecule has 0 radical (unpaired) electrons. The predicted molar refractivity (Wildman–Crippen MR) is 59.7 cm³/mol. The molecule has 0 aliphatic rings. The largest absolute Gasteiger partial charge is 0.315 e. The van der Waals surface area contributed by atoms with Crippen LogP contribution >= 0.6 is 11.6 Å². The van der Waals surface area contributed by atoms with Gasteiger partial charge in [0.05, 0.1) is 11.0 Å². The number of halogens is 1. The summed E-state index contributed by atoms with van der Waals surface area (Å²) >= 11 is 6.06. The zero-order valence-corrected chi connectivity index (χ0v) is 8.96. The summed E-state index contributed by atoms with van der Waals surface area (Å²) in [5.41, 5.74) is 2.11. The van der Waals surface area contributed by atoms with Gasteiger partial charge in [-0.2, -0.15) is 0 Å². The minimum Gasteiger partial charge on any atom is -0.315 e. The van der Waals surface area contributed by atoms with Crippen molar-refractivity contribution in [3.63, 3.8) is 0 Å². The summed E-state index contributed by atoms with van der Waals surface area (Å²) in [5, 5.41) is 0.597. The first kappa shape index (κ1) is 9.53. The Balaban J connectivity index is 2.45. The second-order valence-electron chi connectivity index (χ2n) is 3.37. The second-order valence-corrected chi connectivity index (χ2v) is 3.71. The van der Waals surface area contributed by atoms with E-state index < -0.39 is 0 Å². The maximum Gasteiger partial charge on any atom is 0.203 e. The third-order valence-electron chi connectivity index (χ3n) is 2.34. The van der Waals surface area contributed by atoms with Gasteiger partial charge in [-0.25, -0.2) is 4.98 Å². The van der Waals surface area contributed by atoms with Crippen LogP contribution in [0.2, 0.25) is 5.28 Å². The number of hydrogen-bond donors (Lipinski definition) is 0. The van der Waals surface area contributed by atoms with Crippen LogP contribution in [-0.4, -0.2) is 9.55 Å². The van der Waals surface area contributed by atoms with E-state index in [1.807, 2.05) is 18.2 Å². The van der Waals surface area contributed by atoms with Gasteiger partial charge in [0.15, 0.2) is 0 Å². The number of nitrogens with zero attached hydrogens (tertiary/aromatic N) is 2. The van der Waals surface area contributed by atoms with Crippen molar-refractivity contribution in [1.82, 2.24) is 9.55 Å². The molecule has 0 bridgehead atoms. The highest BCUT2D eigenvalue weighted by Crippen LogP contribution is 2.19. The van der Waals surface area contributed by atoms with Crippen LogP contribution in [0.25, 0.3) is 11.0 Å². The summed E-state index contributed by atoms with van der Waals surface area (Å²) in [7, 11) is 0. The fourth-order valence-corrected chi connectivity index (χ4v) is 1.84. The van der Waals surface area contributed by atoms with Crippen LogP contribution in [0.15, 0.2) is 24.3 Å². The van der Waals surface area contributed by atoms with E-state index >= 15 is 0 Å². The van der Waals surface area contributed by atoms with Gasteiger partial charge in [-0.1, -0.05) is 25.5 Å². The van der Waals surface area contributed by atoms with Gasteiger partial charge < -0.3 is 4.57 Å². The van der Waals surface area contributed by atoms with Crippen LogP contribution in [0.4, 0.5) is 0 Å². The highest BCUT2D eigenvalue weighted by atomic mass is 35.5. The Kier molecular flexibility index (Phi) is 2.73. The first-order valence-electron chi connectivity index (χ1n) is 4.93. The van der Waals surface area contributed by atoms with Crippen molar-refractivity contribution in [2.24, 2.45) is 0 Å². The summed E-state index contributed by atoms with van der Waals surface area (Å²) in [6, 6.07) is 8.05. The molecule has 0 N–H and O–H groups in total. The van der Waals surface area contributed by atoms with Crippen LogP contribution < -0.4 is 0 Å². The van der Waals surface area contributed by atoms with Gasteiger partial charge in [-0.3, -0.25) is 0 Å². The standard InChI is InChI=1S/C11H13ClN2/c1-2-3-8-14-10-7-5-4-6-9(10)13-11(14)12/h4-7H,2-3,8H2,1H3. The fraction of sp³-hybridized carbons (Fsp3) is 0.364. The van der Waals surface area contributed by atoms with E-state index in [4.69, 9.17) is 11.6 Å². The monoisotopic (exact) mass is 208 g/mol. The first-order valence-corrected chi connectivity index (χ1v) is 5.31. The van der Waals surface area contributed by atoms with Gasteiger partial charge in [-0.15, -0.1) is 0 Å². The molecule has 0 aliphatic heterocycles. The van der Waals surface area contributed by atoms with Crippen molar-refractivity contribution in [1.29, 1.82) is 0 Å². The third kappa shape index (κ3) is 1.62. The van der Waals surface area contributed by atoms with Crippen molar-refractivity contribution in [3.8, 4) is 0 Å². The molecule has 0 saturated heterocycles. The third-order valence-corrected chi connectivity index (χ3v) is 2.63. The molecule has 14 heavy (non-hydrogen) atoms. The lowest BCUT2D eigenvalue weighted by molar-refractivity contribution is 0.646. The molecule has 0 unspecified atom stereocenters. The number of aromatic nitrogens is 2. The molecular weight excluding hydrogens is 196 g/mol. The average Bonchev–Trinajstić information content (AvgIpc) is 2.51. The van der Waals surface area contributed by atoms with Gasteiger partial charge in [0.2, 0.25) is 5.28 Å². The molecule has 1 heterocycles. The molecule has 1 aromatic heterocycles. The molecule has 74 valence electrons. The zero-order valence-electron chi connectivity index (χ0n) is 8.20. The van der Waals surface area contributed by atoms with Crippen molar-refractivity contribution < 1.29 is 0 Å². The number of imidazole rings is 1. The normalized spacial score (nSPS) is 11.0. The zero-order chi connectivity index (χ0) is 9.97. The lowest BCUT2D eigenvalue weighted by atomic mass is 10.3. The maximum absolute atomic E-state index is 6.06. The molecule has 2 nitrogen and oxygen atoms in total. The van der Waals surface area contributed by atoms with Crippen molar-refractivity contribution in [2.75, 3.05) is 0 Å². The molecule has 0 atom stereocenters. The minimum atomic E-state index is 0.597. The number of benzene rings is 1. The quantitative estimate of drug-likeness (QED) is 0.755. The lowest BCUT2D eigenvalue weighted by Crippen LogP contribution is -1.96. The summed E-state index contributed by atoms with van der Waals surface area (Å²) in [4.78, 5) is 4.29. The molecule has 0 aliphatic carbocycles. The number of aryl methyl sites for hydroxylation is 1. The Hall–Kier alpha value is -1.02. The van der Waals surface area contributed by atoms with E-state index in [0.29, 0.717) is 5.28 Å². The fourth-order valence-electron chi connectivity index (χ4n) is 1.58. The molecular formula is C11H13ClN2. The average molecular weight is 209 g/mol. The Labute approximate surface area is 88.5 Å². The van der Waals surface area contributed by atoms with E-state index in [0.717, 1.165) is 24.0 Å². The SMILES string of the molecule is CCCCn1c(Cl)nc2ccccc21. The molecule has 0 fully saturated rings. The lowest BCUT2D eigenvalue weighted by Gasteiger charge is -2.03. The van der Waals surface area contributed by atoms with Gasteiger partial charge >= 0.3 is 0 Å². The van der Waals surface area contributed by atoms with Crippen molar-refractivity contribution in [2.45, 2.75) is 26.3 Å². The number of rotatable bonds is 3. The van der Waals surface area contributed by atoms with Crippen molar-refractivity contribution >= 4 is 22.6 Å². The number of unbranched alkanes of at least 4 members (excludes halogenated alkanes) is 1. The Morgan fingerprint density at radius 1 is 1.36 bits per heavy atom. The van der Waals surface area contributed by atoms with Gasteiger partial charge in [-0.05, 0) is 30.2 Å². The Morgan fingerprint density at radius 2 is 2.14 bits per heavy atom. The van der Waals surface area contributed by atoms with Crippen LogP contribution in [0, 0.1) is 0 Å². The van der Waals surface area contributed by atoms with Crippen LogP contribution in [0.3, 0.4) is 0 Å². The first-order chi connectivity index (χ1) is 6.83. The second kappa shape index (κ2) is 4.01. The van der Waals surface area contributed by atoms with Gasteiger partial charge in [0.25, 0.3) is 0 Å². The Bertz CT molecular complexity index is 434. The van der Waals surface area contributed by atoms with Gasteiger partial charge in [0, 0.05) is 6.54 Å². The molecule has 0 saturated carbocycles. The van der Waals surface area contributed by atoms with Crippen LogP contribution in [0.1, 0.15) is 19.8 Å². The van der Waals surface area contributed by atoms with E-state index in [1.54, 1.807) is 0 Å². The molecule has 3 heteroatoms. The maximum atomic E-state index is 6.06. The van der Waals surface area contributed by atoms with E-state index in [1.165, 1.54) is 6.42 Å². The van der Waals surface area contributed by atoms with Crippen molar-refractivity contribution in [3.05, 3.63) is 29.5 Å². The smallest absolute Gasteiger partial charge is 0.203 e. The predicted octanol–water partition coefficient (Wildman–Crippen LogP) is 3.49. The summed E-state index contributed by atoms with van der Waals surface area (Å²) in [6.45, 7) is 3.13. The topological polar surface area (TPSA) is 17.8 Å². The van der Waals surface area contributed by atoms with E-state index in [-0.39, 0.29) is 0 Å². The number of para-hydroxylation sites is 2. The number of fused-ring (bicyclic) bond motifs is 1. The van der Waals surface area contributed by atoms with Crippen LogP contribution in [-0.2, 0) is 6.54 Å². The highest BCUT2D eigenvalue weighted by Gasteiger charge is 2.06. The molecule has 0 amide bonds. The number of hydrogen-bond acceptors (Lipinski definition) is 1. The summed E-state index contributed by atoms with van der Waals surface area (Å²) in [6.07, 6.45) is 2.31. The van der Waals surface area contributed by atoms with Gasteiger partial charge in [0.1, 0.15) is 0 Å². The van der Waals surface area contributed by atoms with E-state index in [2.05, 4.69) is 22.5 Å². The Morgan fingerprint density at radius 3 is 2.93 bits per heavy atom. The van der Waals surface area contributed by atoms with E-state index in [9.17, 15) is 0 Å². The summed E-state index contributed by atoms with van der Waals surface area (Å²) in [5.74, 6) is 0.